The summed E-state index contributed by atoms with van der Waals surface area (Å²) in [4.78, 5) is 2.32. The molecule has 4 heteroatoms. The molecule has 2 rings (SSSR count). The summed E-state index contributed by atoms with van der Waals surface area (Å²) in [6.07, 6.45) is 0. The summed E-state index contributed by atoms with van der Waals surface area (Å²) in [6.45, 7) is 0. The van der Waals surface area contributed by atoms with Crippen molar-refractivity contribution in [3.63, 3.8) is 0 Å². The average molecular weight is 270 g/mol. The zero-order valence-electron chi connectivity index (χ0n) is 8.60. The van der Waals surface area contributed by atoms with Gasteiger partial charge in [0.15, 0.2) is 0 Å². The van der Waals surface area contributed by atoms with E-state index in [-0.39, 0.29) is 6.04 Å². The molecule has 1 unspecified atom stereocenters. The lowest BCUT2D eigenvalue weighted by atomic mass is 10.3. The van der Waals surface area contributed by atoms with Gasteiger partial charge in [-0.15, -0.1) is 23.1 Å². The zero-order valence-corrected chi connectivity index (χ0v) is 11.0. The molecule has 0 saturated carbocycles. The fourth-order valence-electron chi connectivity index (χ4n) is 1.33. The first-order chi connectivity index (χ1) is 7.77. The van der Waals surface area contributed by atoms with Crippen LogP contribution in [0.3, 0.4) is 0 Å². The number of hydrogen-bond acceptors (Lipinski definition) is 3. The highest BCUT2D eigenvalue weighted by Gasteiger charge is 2.08. The molecule has 1 heterocycles. The highest BCUT2D eigenvalue weighted by molar-refractivity contribution is 7.99. The van der Waals surface area contributed by atoms with E-state index in [1.165, 1.54) is 4.88 Å². The van der Waals surface area contributed by atoms with Gasteiger partial charge in [0, 0.05) is 21.6 Å². The van der Waals surface area contributed by atoms with Gasteiger partial charge in [-0.1, -0.05) is 29.8 Å². The van der Waals surface area contributed by atoms with Crippen molar-refractivity contribution in [2.75, 3.05) is 5.75 Å². The largest absolute Gasteiger partial charge is 0.323 e. The molecule has 2 N–H and O–H groups in total. The van der Waals surface area contributed by atoms with Gasteiger partial charge in [0.05, 0.1) is 5.02 Å². The lowest BCUT2D eigenvalue weighted by Crippen LogP contribution is -2.11. The van der Waals surface area contributed by atoms with Crippen molar-refractivity contribution >= 4 is 34.7 Å². The molecule has 1 aromatic heterocycles. The van der Waals surface area contributed by atoms with Crippen molar-refractivity contribution < 1.29 is 0 Å². The summed E-state index contributed by atoms with van der Waals surface area (Å²) in [5.74, 6) is 0.851. The zero-order chi connectivity index (χ0) is 11.4. The van der Waals surface area contributed by atoms with Crippen LogP contribution in [0.25, 0.3) is 0 Å². The van der Waals surface area contributed by atoms with Crippen LogP contribution in [0.2, 0.25) is 5.02 Å². The van der Waals surface area contributed by atoms with Crippen LogP contribution in [-0.4, -0.2) is 5.75 Å². The first kappa shape index (κ1) is 12.0. The van der Waals surface area contributed by atoms with Crippen molar-refractivity contribution in [1.82, 2.24) is 0 Å². The Balaban J connectivity index is 1.95. The van der Waals surface area contributed by atoms with Crippen LogP contribution in [0.15, 0.2) is 46.7 Å². The first-order valence-corrected chi connectivity index (χ1v) is 7.18. The van der Waals surface area contributed by atoms with Gasteiger partial charge in [-0.3, -0.25) is 0 Å². The Morgan fingerprint density at radius 2 is 2.06 bits per heavy atom. The Morgan fingerprint density at radius 3 is 2.75 bits per heavy atom. The normalized spacial score (nSPS) is 12.6. The van der Waals surface area contributed by atoms with Gasteiger partial charge in [0.1, 0.15) is 0 Å². The molecular weight excluding hydrogens is 258 g/mol. The minimum absolute atomic E-state index is 0.0845. The Bertz CT molecular complexity index is 442. The van der Waals surface area contributed by atoms with Crippen LogP contribution in [0.1, 0.15) is 10.9 Å². The molecular formula is C12H12ClNS2. The molecule has 0 amide bonds. The van der Waals surface area contributed by atoms with Gasteiger partial charge in [-0.05, 0) is 23.6 Å². The lowest BCUT2D eigenvalue weighted by Gasteiger charge is -2.09. The molecule has 0 saturated heterocycles. The molecule has 1 atom stereocenters. The highest BCUT2D eigenvalue weighted by atomic mass is 35.5. The quantitative estimate of drug-likeness (QED) is 0.842. The van der Waals surface area contributed by atoms with E-state index in [2.05, 4.69) is 11.4 Å². The van der Waals surface area contributed by atoms with E-state index in [0.717, 1.165) is 15.7 Å². The number of thioether (sulfide) groups is 1. The van der Waals surface area contributed by atoms with Gasteiger partial charge < -0.3 is 5.73 Å². The molecule has 2 aromatic rings. The predicted molar refractivity (Wildman–Crippen MR) is 73.4 cm³/mol. The molecule has 0 radical (unpaired) electrons. The summed E-state index contributed by atoms with van der Waals surface area (Å²) in [7, 11) is 0. The SMILES string of the molecule is NC(CSc1ccccc1Cl)c1cccs1. The highest BCUT2D eigenvalue weighted by Crippen LogP contribution is 2.30. The number of benzene rings is 1. The summed E-state index contributed by atoms with van der Waals surface area (Å²) >= 11 is 9.48. The monoisotopic (exact) mass is 269 g/mol. The molecule has 0 fully saturated rings. The van der Waals surface area contributed by atoms with Gasteiger partial charge in [0.2, 0.25) is 0 Å². The van der Waals surface area contributed by atoms with Crippen molar-refractivity contribution in [3.8, 4) is 0 Å². The van der Waals surface area contributed by atoms with E-state index in [1.54, 1.807) is 23.1 Å². The Labute approximate surface area is 109 Å². The number of halogens is 1. The first-order valence-electron chi connectivity index (χ1n) is 4.93. The molecule has 1 nitrogen and oxygen atoms in total. The minimum Gasteiger partial charge on any atom is -0.323 e. The fraction of sp³-hybridized carbons (Fsp3) is 0.167. The van der Waals surface area contributed by atoms with E-state index in [1.807, 2.05) is 30.3 Å². The van der Waals surface area contributed by atoms with Crippen LogP contribution in [0.5, 0.6) is 0 Å². The molecule has 0 aliphatic carbocycles. The van der Waals surface area contributed by atoms with Crippen LogP contribution in [0.4, 0.5) is 0 Å². The van der Waals surface area contributed by atoms with Gasteiger partial charge in [-0.25, -0.2) is 0 Å². The maximum absolute atomic E-state index is 6.08. The second-order valence-corrected chi connectivity index (χ2v) is 5.81. The maximum atomic E-state index is 6.08. The molecule has 1 aromatic carbocycles. The van der Waals surface area contributed by atoms with Crippen molar-refractivity contribution in [2.24, 2.45) is 5.73 Å². The van der Waals surface area contributed by atoms with E-state index in [4.69, 9.17) is 17.3 Å². The van der Waals surface area contributed by atoms with Crippen LogP contribution >= 0.6 is 34.7 Å². The summed E-state index contributed by atoms with van der Waals surface area (Å²) in [6, 6.07) is 12.0. The van der Waals surface area contributed by atoms with E-state index in [0.29, 0.717) is 0 Å². The summed E-state index contributed by atoms with van der Waals surface area (Å²) < 4.78 is 0. The molecule has 0 spiro atoms. The maximum Gasteiger partial charge on any atom is 0.0541 e. The topological polar surface area (TPSA) is 26.0 Å². The second-order valence-electron chi connectivity index (χ2n) is 3.36. The van der Waals surface area contributed by atoms with E-state index in [9.17, 15) is 0 Å². The standard InChI is InChI=1S/C12H12ClNS2/c13-9-4-1-2-5-11(9)16-8-10(14)12-6-3-7-15-12/h1-7,10H,8,14H2. The summed E-state index contributed by atoms with van der Waals surface area (Å²) in [5.41, 5.74) is 6.08. The van der Waals surface area contributed by atoms with Gasteiger partial charge in [0.25, 0.3) is 0 Å². The smallest absolute Gasteiger partial charge is 0.0541 e. The minimum atomic E-state index is 0.0845. The van der Waals surface area contributed by atoms with Crippen LogP contribution < -0.4 is 5.73 Å². The van der Waals surface area contributed by atoms with Crippen LogP contribution in [0, 0.1) is 0 Å². The number of rotatable bonds is 4. The van der Waals surface area contributed by atoms with Crippen LogP contribution in [-0.2, 0) is 0 Å². The molecule has 0 aliphatic rings. The van der Waals surface area contributed by atoms with Crippen molar-refractivity contribution in [3.05, 3.63) is 51.7 Å². The second kappa shape index (κ2) is 5.73. The molecule has 0 bridgehead atoms. The lowest BCUT2D eigenvalue weighted by molar-refractivity contribution is 0.852. The van der Waals surface area contributed by atoms with Gasteiger partial charge >= 0.3 is 0 Å². The average Bonchev–Trinajstić information content (AvgIpc) is 2.81. The van der Waals surface area contributed by atoms with E-state index < -0.39 is 0 Å². The van der Waals surface area contributed by atoms with Crippen molar-refractivity contribution in [2.45, 2.75) is 10.9 Å². The Hall–Kier alpha value is -0.480. The predicted octanol–water partition coefficient (Wildman–Crippen LogP) is 4.19. The molecule has 84 valence electrons. The van der Waals surface area contributed by atoms with Crippen molar-refractivity contribution in [1.29, 1.82) is 0 Å². The third-order valence-corrected chi connectivity index (χ3v) is 4.80. The fourth-order valence-corrected chi connectivity index (χ4v) is 3.38. The third kappa shape index (κ3) is 3.01. The Morgan fingerprint density at radius 1 is 1.25 bits per heavy atom. The van der Waals surface area contributed by atoms with E-state index >= 15 is 0 Å². The van der Waals surface area contributed by atoms with Gasteiger partial charge in [-0.2, -0.15) is 0 Å². The summed E-state index contributed by atoms with van der Waals surface area (Å²) in [5, 5.41) is 2.85. The number of nitrogens with two attached hydrogens (primary N) is 1. The number of thiophene rings is 1. The molecule has 0 aliphatic heterocycles. The third-order valence-electron chi connectivity index (χ3n) is 2.16. The Kier molecular flexibility index (Phi) is 4.29. The molecule has 16 heavy (non-hydrogen) atoms. The number of hydrogen-bond donors (Lipinski definition) is 1.